The molecule has 15 heteroatoms. The van der Waals surface area contributed by atoms with Crippen LogP contribution in [0.25, 0.3) is 5.52 Å². The van der Waals surface area contributed by atoms with E-state index in [1.807, 2.05) is 44.2 Å². The highest BCUT2D eigenvalue weighted by atomic mass is 16.5. The van der Waals surface area contributed by atoms with E-state index in [0.717, 1.165) is 5.56 Å². The van der Waals surface area contributed by atoms with Crippen molar-refractivity contribution in [1.29, 1.82) is 0 Å². The third kappa shape index (κ3) is 8.03. The van der Waals surface area contributed by atoms with E-state index in [2.05, 4.69) is 36.6 Å². The minimum Gasteiger partial charge on any atom is -0.359 e. The maximum atomic E-state index is 14.0. The molecule has 4 N–H and O–H groups in total. The second-order valence-corrected chi connectivity index (χ2v) is 12.2. The number of nitrogens with zero attached hydrogens (tertiary/aromatic N) is 5. The van der Waals surface area contributed by atoms with Gasteiger partial charge < -0.3 is 30.7 Å². The summed E-state index contributed by atoms with van der Waals surface area (Å²) in [5, 5.41) is 23.4. The van der Waals surface area contributed by atoms with Crippen LogP contribution in [0.2, 0.25) is 0 Å². The normalized spacial score (nSPS) is 20.0. The molecule has 0 unspecified atom stereocenters. The average Bonchev–Trinajstić information content (AvgIpc) is 3.66. The van der Waals surface area contributed by atoms with Gasteiger partial charge in [-0.3, -0.25) is 24.0 Å². The van der Waals surface area contributed by atoms with Gasteiger partial charge in [-0.15, -0.1) is 0 Å². The standard InChI is InChI=1S/C33H39N9O6/c1-19(2)15-24-31(45)38-25(16-22-9-6-5-7-10-22)30(44)34-13-14-41(33(47)28-20(3)39-42-27(28)11-8-12-35-42)18-23-17-26(40-48-23)32(46)36-21(4)29(43)37-24/h5-12,17,19,21,24-25H,13-16,18H2,1-4H3,(H,34,44)(H,36,46)(H,37,43)(H,38,45)/t21-,24-,25-/m1/s1. The van der Waals surface area contributed by atoms with E-state index < -0.39 is 47.7 Å². The molecule has 4 aromatic rings. The molecular weight excluding hydrogens is 618 g/mol. The van der Waals surface area contributed by atoms with Crippen molar-refractivity contribution in [2.75, 3.05) is 13.1 Å². The zero-order valence-electron chi connectivity index (χ0n) is 27.2. The number of hydrogen-bond donors (Lipinski definition) is 4. The Morgan fingerprint density at radius 1 is 0.979 bits per heavy atom. The third-order valence-corrected chi connectivity index (χ3v) is 7.91. The molecule has 5 rings (SSSR count). The zero-order valence-corrected chi connectivity index (χ0v) is 27.2. The third-order valence-electron chi connectivity index (χ3n) is 7.91. The van der Waals surface area contributed by atoms with Crippen molar-refractivity contribution in [3.8, 4) is 0 Å². The smallest absolute Gasteiger partial charge is 0.274 e. The van der Waals surface area contributed by atoms with Crippen molar-refractivity contribution < 1.29 is 28.5 Å². The van der Waals surface area contributed by atoms with Crippen molar-refractivity contribution in [3.63, 3.8) is 0 Å². The Morgan fingerprint density at radius 2 is 1.73 bits per heavy atom. The highest BCUT2D eigenvalue weighted by molar-refractivity contribution is 6.02. The maximum Gasteiger partial charge on any atom is 0.274 e. The molecule has 1 aliphatic heterocycles. The van der Waals surface area contributed by atoms with Crippen LogP contribution in [0.4, 0.5) is 0 Å². The fourth-order valence-corrected chi connectivity index (χ4v) is 5.47. The Hall–Kier alpha value is -5.60. The number of aromatic nitrogens is 4. The molecule has 0 fully saturated rings. The van der Waals surface area contributed by atoms with Gasteiger partial charge in [-0.2, -0.15) is 14.8 Å². The predicted molar refractivity (Wildman–Crippen MR) is 172 cm³/mol. The van der Waals surface area contributed by atoms with Crippen molar-refractivity contribution in [1.82, 2.24) is 46.2 Å². The Bertz CT molecular complexity index is 1800. The first kappa shape index (κ1) is 33.8. The number of carbonyl (C=O) groups is 5. The van der Waals surface area contributed by atoms with Crippen LogP contribution < -0.4 is 21.3 Å². The maximum absolute atomic E-state index is 14.0. The summed E-state index contributed by atoms with van der Waals surface area (Å²) in [7, 11) is 0. The fourth-order valence-electron chi connectivity index (χ4n) is 5.47. The molecule has 252 valence electrons. The number of benzene rings is 1. The molecule has 48 heavy (non-hydrogen) atoms. The summed E-state index contributed by atoms with van der Waals surface area (Å²) >= 11 is 0. The number of carbonyl (C=O) groups excluding carboxylic acids is 5. The minimum atomic E-state index is -1.03. The molecule has 0 saturated heterocycles. The lowest BCUT2D eigenvalue weighted by molar-refractivity contribution is -0.132. The van der Waals surface area contributed by atoms with Crippen LogP contribution in [0.15, 0.2) is 59.3 Å². The summed E-state index contributed by atoms with van der Waals surface area (Å²) in [6.07, 6.45) is 2.03. The first-order valence-electron chi connectivity index (χ1n) is 15.8. The second kappa shape index (κ2) is 14.9. The lowest BCUT2D eigenvalue weighted by atomic mass is 10.0. The summed E-state index contributed by atoms with van der Waals surface area (Å²) < 4.78 is 6.79. The topological polar surface area (TPSA) is 193 Å². The lowest BCUT2D eigenvalue weighted by Crippen LogP contribution is -2.57. The first-order valence-corrected chi connectivity index (χ1v) is 15.8. The Balaban J connectivity index is 1.47. The predicted octanol–water partition coefficient (Wildman–Crippen LogP) is 1.17. The summed E-state index contributed by atoms with van der Waals surface area (Å²) in [6, 6.07) is 11.0. The van der Waals surface area contributed by atoms with Gasteiger partial charge in [0.1, 0.15) is 23.6 Å². The fraction of sp³-hybridized carbons (Fsp3) is 0.394. The second-order valence-electron chi connectivity index (χ2n) is 12.2. The molecule has 0 radical (unpaired) electrons. The molecule has 2 bridgehead atoms. The minimum absolute atomic E-state index is 0.0212. The Labute approximate surface area is 276 Å². The van der Waals surface area contributed by atoms with Crippen LogP contribution in [0, 0.1) is 12.8 Å². The zero-order chi connectivity index (χ0) is 34.4. The van der Waals surface area contributed by atoms with Gasteiger partial charge in [0.25, 0.3) is 11.8 Å². The van der Waals surface area contributed by atoms with Gasteiger partial charge in [0.15, 0.2) is 11.5 Å². The molecule has 5 amide bonds. The molecule has 15 nitrogen and oxygen atoms in total. The summed E-state index contributed by atoms with van der Waals surface area (Å²) in [5.74, 6) is -2.44. The molecule has 0 saturated carbocycles. The SMILES string of the molecule is Cc1nn2ncccc2c1C(=O)N1CCNC(=O)[C@@H](Cc2ccccc2)NC(=O)[C@@H](CC(C)C)NC(=O)[C@@H](C)NC(=O)c2cc(on2)C1. The average molecular weight is 658 g/mol. The highest BCUT2D eigenvalue weighted by Gasteiger charge is 2.31. The van der Waals surface area contributed by atoms with Crippen LogP contribution in [0.5, 0.6) is 0 Å². The molecule has 0 aliphatic carbocycles. The number of hydrogen-bond acceptors (Lipinski definition) is 9. The van der Waals surface area contributed by atoms with E-state index in [-0.39, 0.29) is 43.4 Å². The Morgan fingerprint density at radius 3 is 2.48 bits per heavy atom. The largest absolute Gasteiger partial charge is 0.359 e. The van der Waals surface area contributed by atoms with Crippen molar-refractivity contribution in [3.05, 3.63) is 83.0 Å². The van der Waals surface area contributed by atoms with Gasteiger partial charge >= 0.3 is 0 Å². The number of rotatable bonds is 5. The molecule has 3 aromatic heterocycles. The summed E-state index contributed by atoms with van der Waals surface area (Å²) in [6.45, 7) is 6.96. The van der Waals surface area contributed by atoms with Crippen molar-refractivity contribution in [2.45, 2.75) is 65.2 Å². The molecule has 3 atom stereocenters. The summed E-state index contributed by atoms with van der Waals surface area (Å²) in [4.78, 5) is 68.9. The van der Waals surface area contributed by atoms with Crippen LogP contribution in [-0.2, 0) is 27.3 Å². The molecular formula is C33H39N9O6. The van der Waals surface area contributed by atoms with Crippen molar-refractivity contribution in [2.24, 2.45) is 5.92 Å². The van der Waals surface area contributed by atoms with Gasteiger partial charge in [-0.05, 0) is 43.9 Å². The number of amides is 5. The van der Waals surface area contributed by atoms with Gasteiger partial charge in [0.2, 0.25) is 17.7 Å². The van der Waals surface area contributed by atoms with E-state index in [4.69, 9.17) is 4.52 Å². The van der Waals surface area contributed by atoms with Gasteiger partial charge in [0, 0.05) is 31.8 Å². The van der Waals surface area contributed by atoms with Crippen LogP contribution in [0.1, 0.15) is 65.1 Å². The molecule has 0 spiro atoms. The monoisotopic (exact) mass is 657 g/mol. The van der Waals surface area contributed by atoms with E-state index in [1.165, 1.54) is 22.5 Å². The number of nitrogens with one attached hydrogen (secondary N) is 4. The van der Waals surface area contributed by atoms with Gasteiger partial charge in [0.05, 0.1) is 17.8 Å². The quantitative estimate of drug-likeness (QED) is 0.244. The van der Waals surface area contributed by atoms with E-state index in [0.29, 0.717) is 23.2 Å². The van der Waals surface area contributed by atoms with E-state index in [1.54, 1.807) is 25.3 Å². The van der Waals surface area contributed by atoms with Gasteiger partial charge in [-0.25, -0.2) is 0 Å². The Kier molecular flexibility index (Phi) is 10.5. The van der Waals surface area contributed by atoms with E-state index >= 15 is 0 Å². The number of fused-ring (bicyclic) bond motifs is 3. The van der Waals surface area contributed by atoms with Crippen molar-refractivity contribution >= 4 is 35.1 Å². The molecule has 4 heterocycles. The lowest BCUT2D eigenvalue weighted by Gasteiger charge is -2.26. The highest BCUT2D eigenvalue weighted by Crippen LogP contribution is 2.19. The summed E-state index contributed by atoms with van der Waals surface area (Å²) in [5.41, 5.74) is 1.99. The van der Waals surface area contributed by atoms with Crippen LogP contribution >= 0.6 is 0 Å². The first-order chi connectivity index (χ1) is 23.0. The molecule has 1 aromatic carbocycles. The molecule has 1 aliphatic rings. The van der Waals surface area contributed by atoms with Gasteiger partial charge in [-0.1, -0.05) is 49.3 Å². The van der Waals surface area contributed by atoms with E-state index in [9.17, 15) is 24.0 Å². The van der Waals surface area contributed by atoms with Crippen LogP contribution in [0.3, 0.4) is 0 Å². The number of aryl methyl sites for hydroxylation is 1. The van der Waals surface area contributed by atoms with Crippen LogP contribution in [-0.4, -0.2) is 85.6 Å².